The van der Waals surface area contributed by atoms with Crippen LogP contribution < -0.4 is 21.5 Å². The van der Waals surface area contributed by atoms with Crippen LogP contribution in [-0.4, -0.2) is 49.5 Å². The summed E-state index contributed by atoms with van der Waals surface area (Å²) in [5, 5.41) is 13.1. The Hall–Kier alpha value is -3.85. The number of benzene rings is 2. The van der Waals surface area contributed by atoms with Crippen LogP contribution in [-0.2, 0) is 27.1 Å². The van der Waals surface area contributed by atoms with E-state index in [1.165, 1.54) is 11.6 Å². The second kappa shape index (κ2) is 8.83. The minimum Gasteiger partial charge on any atom is -0.508 e. The van der Waals surface area contributed by atoms with Crippen molar-refractivity contribution in [2.24, 2.45) is 14.1 Å². The zero-order valence-corrected chi connectivity index (χ0v) is 19.3. The number of fused-ring (bicyclic) bond motifs is 1. The third-order valence-electron chi connectivity index (χ3n) is 6.47. The number of phenolic OH excluding ortho intramolecular Hbond substituents is 1. The van der Waals surface area contributed by atoms with Crippen LogP contribution in [0.5, 0.6) is 5.75 Å². The molecule has 3 heterocycles. The monoisotopic (exact) mass is 460 g/mol. The zero-order valence-electron chi connectivity index (χ0n) is 19.3. The molecule has 0 aliphatic carbocycles. The van der Waals surface area contributed by atoms with E-state index in [2.05, 4.69) is 10.2 Å². The number of phenols is 1. The van der Waals surface area contributed by atoms with E-state index in [9.17, 15) is 14.7 Å². The van der Waals surface area contributed by atoms with Crippen molar-refractivity contribution in [2.75, 3.05) is 24.5 Å². The molecule has 2 aromatic heterocycles. The molecule has 1 atom stereocenters. The van der Waals surface area contributed by atoms with Gasteiger partial charge in [0.2, 0.25) is 5.95 Å². The fourth-order valence-electron chi connectivity index (χ4n) is 4.65. The van der Waals surface area contributed by atoms with E-state index in [1.54, 1.807) is 19.2 Å². The van der Waals surface area contributed by atoms with Crippen LogP contribution in [0.2, 0.25) is 0 Å². The van der Waals surface area contributed by atoms with Gasteiger partial charge < -0.3 is 15.3 Å². The molecule has 2 aromatic carbocycles. The average Bonchev–Trinajstić information content (AvgIpc) is 3.23. The van der Waals surface area contributed by atoms with Gasteiger partial charge in [0.05, 0.1) is 6.54 Å². The molecular weight excluding hydrogens is 432 g/mol. The first-order valence-electron chi connectivity index (χ1n) is 11.4. The highest BCUT2D eigenvalue weighted by Crippen LogP contribution is 2.23. The molecule has 34 heavy (non-hydrogen) atoms. The van der Waals surface area contributed by atoms with E-state index in [-0.39, 0.29) is 23.0 Å². The van der Waals surface area contributed by atoms with E-state index in [4.69, 9.17) is 4.98 Å². The van der Waals surface area contributed by atoms with Crippen LogP contribution in [0.3, 0.4) is 0 Å². The van der Waals surface area contributed by atoms with Crippen LogP contribution in [0.1, 0.15) is 11.1 Å². The molecule has 0 spiro atoms. The molecule has 4 aromatic rings. The molecule has 0 amide bonds. The van der Waals surface area contributed by atoms with Crippen LogP contribution in [0, 0.1) is 0 Å². The highest BCUT2D eigenvalue weighted by atomic mass is 16.3. The lowest BCUT2D eigenvalue weighted by Crippen LogP contribution is -2.52. The predicted octanol–water partition coefficient (Wildman–Crippen LogP) is 1.21. The number of piperazine rings is 1. The van der Waals surface area contributed by atoms with Crippen molar-refractivity contribution in [3.8, 4) is 5.75 Å². The molecule has 1 saturated heterocycles. The Morgan fingerprint density at radius 1 is 1.00 bits per heavy atom. The van der Waals surface area contributed by atoms with Gasteiger partial charge >= 0.3 is 5.69 Å². The molecular formula is C25H28N6O3. The minimum absolute atomic E-state index is 0.176. The molecule has 176 valence electrons. The number of rotatable bonds is 5. The summed E-state index contributed by atoms with van der Waals surface area (Å²) in [6.07, 6.45) is 0.802. The average molecular weight is 461 g/mol. The van der Waals surface area contributed by atoms with E-state index in [0.29, 0.717) is 30.2 Å². The largest absolute Gasteiger partial charge is 0.508 e. The van der Waals surface area contributed by atoms with Gasteiger partial charge in [0.15, 0.2) is 11.2 Å². The van der Waals surface area contributed by atoms with Crippen molar-refractivity contribution >= 4 is 17.1 Å². The topological polar surface area (TPSA) is 97.3 Å². The number of aromatic nitrogens is 4. The van der Waals surface area contributed by atoms with Gasteiger partial charge in [-0.05, 0) is 29.7 Å². The second-order valence-electron chi connectivity index (χ2n) is 8.83. The Balaban J connectivity index is 1.56. The number of nitrogens with one attached hydrogen (secondary N) is 1. The zero-order chi connectivity index (χ0) is 23.8. The van der Waals surface area contributed by atoms with Crippen molar-refractivity contribution in [1.29, 1.82) is 0 Å². The maximum Gasteiger partial charge on any atom is 0.332 e. The van der Waals surface area contributed by atoms with Crippen molar-refractivity contribution < 1.29 is 5.11 Å². The van der Waals surface area contributed by atoms with Crippen molar-refractivity contribution in [3.63, 3.8) is 0 Å². The summed E-state index contributed by atoms with van der Waals surface area (Å²) in [7, 11) is 3.15. The lowest BCUT2D eigenvalue weighted by molar-refractivity contribution is 0.446. The number of anilines is 1. The van der Waals surface area contributed by atoms with E-state index in [0.717, 1.165) is 35.2 Å². The number of aromatic hydroxyl groups is 1. The van der Waals surface area contributed by atoms with E-state index >= 15 is 0 Å². The summed E-state index contributed by atoms with van der Waals surface area (Å²) >= 11 is 0. The first kappa shape index (κ1) is 22.0. The highest BCUT2D eigenvalue weighted by molar-refractivity contribution is 5.75. The van der Waals surface area contributed by atoms with Gasteiger partial charge in [-0.3, -0.25) is 18.5 Å². The quantitative estimate of drug-likeness (QED) is 0.465. The van der Waals surface area contributed by atoms with E-state index in [1.807, 2.05) is 47.0 Å². The Kier molecular flexibility index (Phi) is 5.70. The molecule has 1 aliphatic heterocycles. The smallest absolute Gasteiger partial charge is 0.332 e. The normalized spacial score (nSPS) is 16.3. The Morgan fingerprint density at radius 3 is 2.47 bits per heavy atom. The number of hydrogen-bond acceptors (Lipinski definition) is 6. The molecule has 0 saturated carbocycles. The fraction of sp³-hybridized carbons (Fsp3) is 0.320. The van der Waals surface area contributed by atoms with Crippen LogP contribution in [0.15, 0.2) is 64.2 Å². The summed E-state index contributed by atoms with van der Waals surface area (Å²) in [5.41, 5.74) is 2.27. The third-order valence-corrected chi connectivity index (χ3v) is 6.47. The van der Waals surface area contributed by atoms with Crippen molar-refractivity contribution in [1.82, 2.24) is 24.0 Å². The minimum atomic E-state index is -0.390. The van der Waals surface area contributed by atoms with Gasteiger partial charge in [-0.25, -0.2) is 4.79 Å². The lowest BCUT2D eigenvalue weighted by Gasteiger charge is -2.34. The summed E-state index contributed by atoms with van der Waals surface area (Å²) in [4.78, 5) is 32.8. The first-order chi connectivity index (χ1) is 16.4. The molecule has 9 heteroatoms. The van der Waals surface area contributed by atoms with Crippen molar-refractivity contribution in [2.45, 2.75) is 19.0 Å². The molecule has 0 bridgehead atoms. The van der Waals surface area contributed by atoms with Gasteiger partial charge in [-0.2, -0.15) is 4.98 Å². The van der Waals surface area contributed by atoms with Gasteiger partial charge in [0.1, 0.15) is 5.75 Å². The molecule has 1 fully saturated rings. The van der Waals surface area contributed by atoms with Gasteiger partial charge in [-0.15, -0.1) is 0 Å². The summed E-state index contributed by atoms with van der Waals surface area (Å²) in [6, 6.07) is 17.4. The third kappa shape index (κ3) is 3.99. The number of aryl methyl sites for hydroxylation is 1. The maximum absolute atomic E-state index is 13.2. The molecule has 1 aliphatic rings. The number of hydrogen-bond donors (Lipinski definition) is 2. The maximum atomic E-state index is 13.2. The highest BCUT2D eigenvalue weighted by Gasteiger charge is 2.27. The Labute approximate surface area is 196 Å². The molecule has 2 N–H and O–H groups in total. The lowest BCUT2D eigenvalue weighted by atomic mass is 10.0. The van der Waals surface area contributed by atoms with Gasteiger partial charge in [0.25, 0.3) is 5.56 Å². The standard InChI is InChI=1S/C25H28N6O3/c1-28-22-21(23(33)29(2)25(28)34)31(15-18-6-4-3-5-7-18)24(27-22)30-13-12-26-19(16-30)14-17-8-10-20(32)11-9-17/h3-11,19,26,32H,12-16H2,1-2H3. The van der Waals surface area contributed by atoms with Crippen LogP contribution in [0.25, 0.3) is 11.2 Å². The Bertz CT molecular complexity index is 1440. The molecule has 0 radical (unpaired) electrons. The van der Waals surface area contributed by atoms with Crippen LogP contribution >= 0.6 is 0 Å². The predicted molar refractivity (Wildman–Crippen MR) is 132 cm³/mol. The SMILES string of the molecule is Cn1c(=O)c2c(nc(N3CCNC(Cc4ccc(O)cc4)C3)n2Cc2ccccc2)n(C)c1=O. The van der Waals surface area contributed by atoms with Crippen molar-refractivity contribution in [3.05, 3.63) is 86.6 Å². The molecule has 1 unspecified atom stereocenters. The summed E-state index contributed by atoms with van der Waals surface area (Å²) < 4.78 is 4.52. The number of imidazole rings is 1. The number of nitrogens with zero attached hydrogens (tertiary/aromatic N) is 5. The molecule has 9 nitrogen and oxygen atoms in total. The second-order valence-corrected chi connectivity index (χ2v) is 8.83. The fourth-order valence-corrected chi connectivity index (χ4v) is 4.65. The van der Waals surface area contributed by atoms with Gasteiger partial charge in [0, 0.05) is 39.8 Å². The van der Waals surface area contributed by atoms with Gasteiger partial charge in [-0.1, -0.05) is 42.5 Å². The first-order valence-corrected chi connectivity index (χ1v) is 11.4. The molecule has 5 rings (SSSR count). The summed E-state index contributed by atoms with van der Waals surface area (Å²) in [5.74, 6) is 0.943. The van der Waals surface area contributed by atoms with Crippen LogP contribution in [0.4, 0.5) is 5.95 Å². The Morgan fingerprint density at radius 2 is 1.74 bits per heavy atom. The summed E-state index contributed by atoms with van der Waals surface area (Å²) in [6.45, 7) is 2.69. The van der Waals surface area contributed by atoms with E-state index < -0.39 is 0 Å².